The molecule has 0 fully saturated rings. The fraction of sp³-hybridized carbons (Fsp3) is 0.769. The smallest absolute Gasteiger partial charge is 0.203 e. The zero-order valence-corrected chi connectivity index (χ0v) is 11.2. The van der Waals surface area contributed by atoms with Gasteiger partial charge in [-0.05, 0) is 39.5 Å². The van der Waals surface area contributed by atoms with Gasteiger partial charge in [0.05, 0.1) is 0 Å². The van der Waals surface area contributed by atoms with Crippen LogP contribution in [0.15, 0.2) is 12.4 Å². The highest BCUT2D eigenvalue weighted by Gasteiger charge is 2.09. The lowest BCUT2D eigenvalue weighted by Crippen LogP contribution is -2.19. The number of nitrogens with one attached hydrogen (secondary N) is 1. The molecule has 0 saturated carbocycles. The SMILES string of the molecule is CC(C)CCC(C)Nc1nccn1C(C)C. The second-order valence-corrected chi connectivity index (χ2v) is 5.27. The maximum atomic E-state index is 4.36. The molecule has 0 aromatic carbocycles. The Hall–Kier alpha value is -0.990. The first-order valence-corrected chi connectivity index (χ1v) is 6.30. The largest absolute Gasteiger partial charge is 0.353 e. The molecule has 1 aromatic rings. The van der Waals surface area contributed by atoms with Crippen LogP contribution < -0.4 is 5.32 Å². The maximum Gasteiger partial charge on any atom is 0.203 e. The zero-order chi connectivity index (χ0) is 12.1. The van der Waals surface area contributed by atoms with Crippen LogP contribution in [0.1, 0.15) is 53.5 Å². The van der Waals surface area contributed by atoms with E-state index in [2.05, 4.69) is 49.5 Å². The predicted molar refractivity (Wildman–Crippen MR) is 69.8 cm³/mol. The first kappa shape index (κ1) is 13.1. The Morgan fingerprint density at radius 2 is 1.88 bits per heavy atom. The number of anilines is 1. The third-order valence-corrected chi connectivity index (χ3v) is 2.78. The molecule has 1 unspecified atom stereocenters. The highest BCUT2D eigenvalue weighted by Crippen LogP contribution is 2.15. The topological polar surface area (TPSA) is 29.9 Å². The quantitative estimate of drug-likeness (QED) is 0.797. The molecule has 0 spiro atoms. The summed E-state index contributed by atoms with van der Waals surface area (Å²) >= 11 is 0. The van der Waals surface area contributed by atoms with E-state index in [1.165, 1.54) is 12.8 Å². The molecule has 0 amide bonds. The summed E-state index contributed by atoms with van der Waals surface area (Å²) in [4.78, 5) is 4.36. The van der Waals surface area contributed by atoms with Crippen molar-refractivity contribution in [2.45, 2.75) is 59.5 Å². The third kappa shape index (κ3) is 3.87. The van der Waals surface area contributed by atoms with Crippen molar-refractivity contribution in [2.75, 3.05) is 5.32 Å². The van der Waals surface area contributed by atoms with Gasteiger partial charge in [0.2, 0.25) is 5.95 Å². The number of aromatic nitrogens is 2. The van der Waals surface area contributed by atoms with Crippen LogP contribution in [0, 0.1) is 5.92 Å². The normalized spacial score (nSPS) is 13.4. The second-order valence-electron chi connectivity index (χ2n) is 5.27. The van der Waals surface area contributed by atoms with Gasteiger partial charge >= 0.3 is 0 Å². The van der Waals surface area contributed by atoms with Crippen molar-refractivity contribution in [3.63, 3.8) is 0 Å². The van der Waals surface area contributed by atoms with E-state index in [1.807, 2.05) is 12.4 Å². The molecule has 16 heavy (non-hydrogen) atoms. The van der Waals surface area contributed by atoms with E-state index in [1.54, 1.807) is 0 Å². The van der Waals surface area contributed by atoms with Gasteiger partial charge in [0.25, 0.3) is 0 Å². The van der Waals surface area contributed by atoms with E-state index < -0.39 is 0 Å². The zero-order valence-electron chi connectivity index (χ0n) is 11.2. The van der Waals surface area contributed by atoms with Crippen molar-refractivity contribution in [2.24, 2.45) is 5.92 Å². The van der Waals surface area contributed by atoms with Crippen LogP contribution in [0.2, 0.25) is 0 Å². The van der Waals surface area contributed by atoms with Crippen molar-refractivity contribution in [1.82, 2.24) is 9.55 Å². The first-order valence-electron chi connectivity index (χ1n) is 6.30. The van der Waals surface area contributed by atoms with Crippen LogP contribution in [0.4, 0.5) is 5.95 Å². The van der Waals surface area contributed by atoms with Gasteiger partial charge in [-0.25, -0.2) is 4.98 Å². The lowest BCUT2D eigenvalue weighted by molar-refractivity contribution is 0.521. The summed E-state index contributed by atoms with van der Waals surface area (Å²) < 4.78 is 2.17. The van der Waals surface area contributed by atoms with Gasteiger partial charge in [-0.15, -0.1) is 0 Å². The summed E-state index contributed by atoms with van der Waals surface area (Å²) in [5.41, 5.74) is 0. The average molecular weight is 223 g/mol. The summed E-state index contributed by atoms with van der Waals surface area (Å²) in [6.07, 6.45) is 6.35. The summed E-state index contributed by atoms with van der Waals surface area (Å²) in [5, 5.41) is 3.48. The monoisotopic (exact) mass is 223 g/mol. The minimum Gasteiger partial charge on any atom is -0.353 e. The van der Waals surface area contributed by atoms with Gasteiger partial charge < -0.3 is 9.88 Å². The molecule has 1 N–H and O–H groups in total. The van der Waals surface area contributed by atoms with Crippen molar-refractivity contribution in [3.05, 3.63) is 12.4 Å². The molecule has 1 aromatic heterocycles. The maximum absolute atomic E-state index is 4.36. The van der Waals surface area contributed by atoms with Crippen LogP contribution in [0.5, 0.6) is 0 Å². The van der Waals surface area contributed by atoms with Gasteiger partial charge in [-0.2, -0.15) is 0 Å². The Bertz CT molecular complexity index is 302. The Morgan fingerprint density at radius 1 is 1.19 bits per heavy atom. The number of nitrogens with zero attached hydrogens (tertiary/aromatic N) is 2. The van der Waals surface area contributed by atoms with Crippen LogP contribution in [-0.4, -0.2) is 15.6 Å². The fourth-order valence-electron chi connectivity index (χ4n) is 1.72. The highest BCUT2D eigenvalue weighted by atomic mass is 15.2. The molecular weight excluding hydrogens is 198 g/mol. The molecule has 3 nitrogen and oxygen atoms in total. The fourth-order valence-corrected chi connectivity index (χ4v) is 1.72. The van der Waals surface area contributed by atoms with E-state index in [4.69, 9.17) is 0 Å². The van der Waals surface area contributed by atoms with Gasteiger partial charge in [-0.3, -0.25) is 0 Å². The number of hydrogen-bond donors (Lipinski definition) is 1. The molecule has 0 saturated heterocycles. The molecule has 1 heterocycles. The van der Waals surface area contributed by atoms with Crippen LogP contribution in [0.25, 0.3) is 0 Å². The minimum absolute atomic E-state index is 0.460. The molecule has 0 radical (unpaired) electrons. The van der Waals surface area contributed by atoms with Crippen molar-refractivity contribution >= 4 is 5.95 Å². The van der Waals surface area contributed by atoms with E-state index >= 15 is 0 Å². The number of imidazole rings is 1. The Kier molecular flexibility index (Phi) is 4.84. The highest BCUT2D eigenvalue weighted by molar-refractivity contribution is 5.27. The predicted octanol–water partition coefficient (Wildman–Crippen LogP) is 3.70. The van der Waals surface area contributed by atoms with E-state index in [0.717, 1.165) is 11.9 Å². The lowest BCUT2D eigenvalue weighted by atomic mass is 10.0. The van der Waals surface area contributed by atoms with Gasteiger partial charge in [0.1, 0.15) is 0 Å². The van der Waals surface area contributed by atoms with Crippen LogP contribution in [0.3, 0.4) is 0 Å². The van der Waals surface area contributed by atoms with Crippen LogP contribution in [-0.2, 0) is 0 Å². The van der Waals surface area contributed by atoms with E-state index in [9.17, 15) is 0 Å². The summed E-state index contributed by atoms with van der Waals surface area (Å²) in [7, 11) is 0. The van der Waals surface area contributed by atoms with E-state index in [0.29, 0.717) is 12.1 Å². The molecule has 1 rings (SSSR count). The van der Waals surface area contributed by atoms with Crippen molar-refractivity contribution in [1.29, 1.82) is 0 Å². The van der Waals surface area contributed by atoms with E-state index in [-0.39, 0.29) is 0 Å². The summed E-state index contributed by atoms with van der Waals surface area (Å²) in [6.45, 7) is 11.1. The molecule has 0 aliphatic rings. The van der Waals surface area contributed by atoms with Crippen molar-refractivity contribution < 1.29 is 0 Å². The van der Waals surface area contributed by atoms with Crippen molar-refractivity contribution in [3.8, 4) is 0 Å². The lowest BCUT2D eigenvalue weighted by Gasteiger charge is -2.18. The standard InChI is InChI=1S/C13H25N3/c1-10(2)6-7-12(5)15-13-14-8-9-16(13)11(3)4/h8-12H,6-7H2,1-5H3,(H,14,15). The molecule has 92 valence electrons. The van der Waals surface area contributed by atoms with Gasteiger partial charge in [0.15, 0.2) is 0 Å². The number of hydrogen-bond acceptors (Lipinski definition) is 2. The average Bonchev–Trinajstić information content (AvgIpc) is 2.62. The van der Waals surface area contributed by atoms with Gasteiger partial charge in [-0.1, -0.05) is 13.8 Å². The Morgan fingerprint density at radius 3 is 2.44 bits per heavy atom. The molecule has 0 bridgehead atoms. The molecule has 3 heteroatoms. The Balaban J connectivity index is 2.49. The molecule has 0 aliphatic carbocycles. The first-order chi connectivity index (χ1) is 7.50. The number of rotatable bonds is 6. The summed E-state index contributed by atoms with van der Waals surface area (Å²) in [6, 6.07) is 0.949. The molecule has 0 aliphatic heterocycles. The Labute approximate surface area is 99.3 Å². The van der Waals surface area contributed by atoms with Crippen LogP contribution >= 0.6 is 0 Å². The molecular formula is C13H25N3. The minimum atomic E-state index is 0.460. The molecule has 1 atom stereocenters. The second kappa shape index (κ2) is 5.92. The summed E-state index contributed by atoms with van der Waals surface area (Å²) in [5.74, 6) is 1.76. The van der Waals surface area contributed by atoms with Gasteiger partial charge in [0, 0.05) is 24.5 Å². The third-order valence-electron chi connectivity index (χ3n) is 2.78.